The molecule has 0 fully saturated rings. The molecular weight excluding hydrogens is 269 g/mol. The molecule has 0 aliphatic heterocycles. The van der Waals surface area contributed by atoms with E-state index in [1.54, 1.807) is 0 Å². The summed E-state index contributed by atoms with van der Waals surface area (Å²) >= 11 is 5.63. The van der Waals surface area contributed by atoms with Crippen molar-refractivity contribution in [2.45, 2.75) is 13.1 Å². The molecule has 1 aromatic heterocycles. The first-order valence-corrected chi connectivity index (χ1v) is 5.29. The second-order valence-electron chi connectivity index (χ2n) is 3.72. The number of alkyl halides is 3. The van der Waals surface area contributed by atoms with Crippen LogP contribution in [0.2, 0.25) is 5.02 Å². The van der Waals surface area contributed by atoms with Gasteiger partial charge in [-0.2, -0.15) is 13.2 Å². The number of imidazole rings is 1. The highest BCUT2D eigenvalue weighted by molar-refractivity contribution is 6.32. The fourth-order valence-electron chi connectivity index (χ4n) is 1.54. The number of aromatic hydroxyl groups is 1. The van der Waals surface area contributed by atoms with Crippen LogP contribution in [0.15, 0.2) is 18.2 Å². The molecular formula is C11H8ClF3N2O. The number of hydrogen-bond donors (Lipinski definition) is 2. The number of aromatic nitrogens is 2. The lowest BCUT2D eigenvalue weighted by Crippen LogP contribution is -2.07. The second kappa shape index (κ2) is 4.20. The Bertz CT molecular complexity index is 592. The van der Waals surface area contributed by atoms with Crippen LogP contribution in [-0.2, 0) is 6.18 Å². The lowest BCUT2D eigenvalue weighted by atomic mass is 10.1. The van der Waals surface area contributed by atoms with Crippen LogP contribution in [-0.4, -0.2) is 15.1 Å². The van der Waals surface area contributed by atoms with Gasteiger partial charge in [-0.3, -0.25) is 0 Å². The van der Waals surface area contributed by atoms with E-state index < -0.39 is 12.0 Å². The smallest absolute Gasteiger partial charge is 0.449 e. The summed E-state index contributed by atoms with van der Waals surface area (Å²) in [5.74, 6) is -1.27. The highest BCUT2D eigenvalue weighted by Gasteiger charge is 2.35. The molecule has 2 N–H and O–H groups in total. The second-order valence-corrected chi connectivity index (χ2v) is 4.13. The molecule has 0 atom stereocenters. The first kappa shape index (κ1) is 12.8. The van der Waals surface area contributed by atoms with E-state index in [0.29, 0.717) is 5.56 Å². The van der Waals surface area contributed by atoms with Gasteiger partial charge in [0.15, 0.2) is 0 Å². The SMILES string of the molecule is Cc1[nH]c(C(F)(F)F)nc1-c1ccc(Cl)c(O)c1. The highest BCUT2D eigenvalue weighted by atomic mass is 35.5. The molecule has 1 heterocycles. The van der Waals surface area contributed by atoms with Crippen molar-refractivity contribution in [1.82, 2.24) is 9.97 Å². The first-order valence-electron chi connectivity index (χ1n) is 4.91. The maximum atomic E-state index is 12.5. The predicted octanol–water partition coefficient (Wildman–Crippen LogP) is 3.76. The molecule has 7 heteroatoms. The Hall–Kier alpha value is -1.69. The van der Waals surface area contributed by atoms with Gasteiger partial charge < -0.3 is 10.1 Å². The summed E-state index contributed by atoms with van der Waals surface area (Å²) in [6, 6.07) is 4.16. The number of aryl methyl sites for hydroxylation is 1. The van der Waals surface area contributed by atoms with Crippen molar-refractivity contribution in [2.24, 2.45) is 0 Å². The molecule has 2 rings (SSSR count). The van der Waals surface area contributed by atoms with Crippen molar-refractivity contribution in [3.05, 3.63) is 34.7 Å². The van der Waals surface area contributed by atoms with Crippen molar-refractivity contribution in [3.63, 3.8) is 0 Å². The van der Waals surface area contributed by atoms with Crippen LogP contribution in [0.25, 0.3) is 11.3 Å². The molecule has 18 heavy (non-hydrogen) atoms. The van der Waals surface area contributed by atoms with Crippen LogP contribution >= 0.6 is 11.6 Å². The van der Waals surface area contributed by atoms with Gasteiger partial charge in [-0.1, -0.05) is 17.7 Å². The molecule has 0 bridgehead atoms. The molecule has 0 unspecified atom stereocenters. The summed E-state index contributed by atoms with van der Waals surface area (Å²) in [6.45, 7) is 1.48. The van der Waals surface area contributed by atoms with Crippen LogP contribution in [0.3, 0.4) is 0 Å². The zero-order valence-corrected chi connectivity index (χ0v) is 9.89. The number of nitrogens with zero attached hydrogens (tertiary/aromatic N) is 1. The molecule has 1 aromatic carbocycles. The maximum absolute atomic E-state index is 12.5. The Morgan fingerprint density at radius 2 is 2.00 bits per heavy atom. The number of rotatable bonds is 1. The average molecular weight is 277 g/mol. The van der Waals surface area contributed by atoms with E-state index in [-0.39, 0.29) is 22.2 Å². The van der Waals surface area contributed by atoms with Crippen molar-refractivity contribution >= 4 is 11.6 Å². The van der Waals surface area contributed by atoms with E-state index in [0.717, 1.165) is 0 Å². The minimum atomic E-state index is -4.53. The van der Waals surface area contributed by atoms with Crippen LogP contribution in [0.1, 0.15) is 11.5 Å². The fourth-order valence-corrected chi connectivity index (χ4v) is 1.65. The fraction of sp³-hybridized carbons (Fsp3) is 0.182. The monoisotopic (exact) mass is 276 g/mol. The zero-order valence-electron chi connectivity index (χ0n) is 9.14. The summed E-state index contributed by atoms with van der Waals surface area (Å²) in [4.78, 5) is 5.65. The van der Waals surface area contributed by atoms with E-state index in [1.165, 1.54) is 25.1 Å². The van der Waals surface area contributed by atoms with Crippen molar-refractivity contribution in [2.75, 3.05) is 0 Å². The molecule has 0 saturated carbocycles. The quantitative estimate of drug-likeness (QED) is 0.833. The zero-order chi connectivity index (χ0) is 13.5. The summed E-state index contributed by atoms with van der Waals surface area (Å²) in [6.07, 6.45) is -4.53. The number of nitrogens with one attached hydrogen (secondary N) is 1. The van der Waals surface area contributed by atoms with Crippen molar-refractivity contribution in [1.29, 1.82) is 0 Å². The van der Waals surface area contributed by atoms with Gasteiger partial charge in [0.2, 0.25) is 5.82 Å². The van der Waals surface area contributed by atoms with Crippen LogP contribution in [0.4, 0.5) is 13.2 Å². The number of H-pyrrole nitrogens is 1. The molecule has 0 spiro atoms. The summed E-state index contributed by atoms with van der Waals surface area (Å²) in [5, 5.41) is 9.55. The van der Waals surface area contributed by atoms with Gasteiger partial charge in [-0.15, -0.1) is 0 Å². The third-order valence-electron chi connectivity index (χ3n) is 2.37. The summed E-state index contributed by atoms with van der Waals surface area (Å²) < 4.78 is 37.4. The Morgan fingerprint density at radius 3 is 2.50 bits per heavy atom. The molecule has 3 nitrogen and oxygen atoms in total. The lowest BCUT2D eigenvalue weighted by molar-refractivity contribution is -0.144. The van der Waals surface area contributed by atoms with E-state index in [1.807, 2.05) is 0 Å². The number of benzene rings is 1. The van der Waals surface area contributed by atoms with Gasteiger partial charge in [0, 0.05) is 11.3 Å². The molecule has 0 radical (unpaired) electrons. The van der Waals surface area contributed by atoms with Gasteiger partial charge in [-0.05, 0) is 19.1 Å². The molecule has 0 aliphatic carbocycles. The number of phenols is 1. The van der Waals surface area contributed by atoms with E-state index in [4.69, 9.17) is 11.6 Å². The average Bonchev–Trinajstić information content (AvgIpc) is 2.64. The third-order valence-corrected chi connectivity index (χ3v) is 2.69. The Balaban J connectivity index is 2.51. The van der Waals surface area contributed by atoms with Gasteiger partial charge in [0.1, 0.15) is 5.75 Å². The minimum absolute atomic E-state index is 0.128. The standard InChI is InChI=1S/C11H8ClF3N2O/c1-5-9(17-10(16-5)11(13,14)15)6-2-3-7(12)8(18)4-6/h2-4,18H,1H3,(H,16,17). The Morgan fingerprint density at radius 1 is 1.33 bits per heavy atom. The topological polar surface area (TPSA) is 48.9 Å². The normalized spacial score (nSPS) is 11.8. The van der Waals surface area contributed by atoms with Crippen LogP contribution < -0.4 is 0 Å². The molecule has 0 aliphatic rings. The van der Waals surface area contributed by atoms with Crippen LogP contribution in [0, 0.1) is 6.92 Å². The molecule has 0 saturated heterocycles. The van der Waals surface area contributed by atoms with Crippen molar-refractivity contribution < 1.29 is 18.3 Å². The first-order chi connectivity index (χ1) is 8.29. The van der Waals surface area contributed by atoms with E-state index in [2.05, 4.69) is 9.97 Å². The van der Waals surface area contributed by atoms with Gasteiger partial charge in [-0.25, -0.2) is 4.98 Å². The number of phenolic OH excluding ortho intramolecular Hbond substituents is 1. The molecule has 2 aromatic rings. The van der Waals surface area contributed by atoms with Crippen LogP contribution in [0.5, 0.6) is 5.75 Å². The Labute approximate surface area is 105 Å². The van der Waals surface area contributed by atoms with E-state index in [9.17, 15) is 18.3 Å². The Kier molecular flexibility index (Phi) is 2.98. The van der Waals surface area contributed by atoms with E-state index >= 15 is 0 Å². The summed E-state index contributed by atoms with van der Waals surface area (Å²) in [5.41, 5.74) is 0.763. The highest BCUT2D eigenvalue weighted by Crippen LogP contribution is 2.33. The maximum Gasteiger partial charge on any atom is 0.449 e. The molecule has 96 valence electrons. The predicted molar refractivity (Wildman–Crippen MR) is 60.4 cm³/mol. The number of hydrogen-bond acceptors (Lipinski definition) is 2. The van der Waals surface area contributed by atoms with Crippen molar-refractivity contribution in [3.8, 4) is 17.0 Å². The number of aromatic amines is 1. The van der Waals surface area contributed by atoms with Gasteiger partial charge in [0.25, 0.3) is 0 Å². The third kappa shape index (κ3) is 2.28. The number of halogens is 4. The summed E-state index contributed by atoms with van der Waals surface area (Å²) in [7, 11) is 0. The minimum Gasteiger partial charge on any atom is -0.506 e. The van der Waals surface area contributed by atoms with Gasteiger partial charge >= 0.3 is 6.18 Å². The largest absolute Gasteiger partial charge is 0.506 e. The molecule has 0 amide bonds. The lowest BCUT2D eigenvalue weighted by Gasteiger charge is -2.01. The van der Waals surface area contributed by atoms with Gasteiger partial charge in [0.05, 0.1) is 10.7 Å².